The highest BCUT2D eigenvalue weighted by atomic mass is 16.2. The monoisotopic (exact) mass is 378 g/mol. The Labute approximate surface area is 163 Å². The van der Waals surface area contributed by atoms with Gasteiger partial charge in [0.2, 0.25) is 11.8 Å². The van der Waals surface area contributed by atoms with E-state index in [9.17, 15) is 14.9 Å². The van der Waals surface area contributed by atoms with Gasteiger partial charge in [0.15, 0.2) is 5.69 Å². The molecule has 4 atom stereocenters. The molecule has 8 nitrogen and oxygen atoms in total. The second kappa shape index (κ2) is 7.23. The maximum absolute atomic E-state index is 12.9. The number of carbonyl (C=O) groups excluding carboxylic acids is 2. The zero-order valence-electron chi connectivity index (χ0n) is 15.5. The van der Waals surface area contributed by atoms with Crippen LogP contribution in [0.5, 0.6) is 0 Å². The van der Waals surface area contributed by atoms with E-state index in [1.807, 2.05) is 4.90 Å². The van der Waals surface area contributed by atoms with Gasteiger partial charge in [-0.15, -0.1) is 0 Å². The van der Waals surface area contributed by atoms with E-state index in [1.54, 1.807) is 34.1 Å². The van der Waals surface area contributed by atoms with E-state index >= 15 is 0 Å². The third kappa shape index (κ3) is 3.01. The van der Waals surface area contributed by atoms with Crippen molar-refractivity contribution in [3.05, 3.63) is 35.7 Å². The van der Waals surface area contributed by atoms with Crippen molar-refractivity contribution in [1.82, 2.24) is 9.80 Å². The van der Waals surface area contributed by atoms with Crippen LogP contribution in [-0.4, -0.2) is 65.4 Å². The summed E-state index contributed by atoms with van der Waals surface area (Å²) in [6.45, 7) is 8.60. The number of fused-ring (bicyclic) bond motifs is 2. The van der Waals surface area contributed by atoms with Gasteiger partial charge in [-0.25, -0.2) is 4.85 Å². The Kier molecular flexibility index (Phi) is 4.76. The molecule has 2 N–H and O–H groups in total. The molecule has 0 radical (unpaired) electrons. The largest absolute Gasteiger partial charge is 0.325 e. The van der Waals surface area contributed by atoms with E-state index in [0.717, 1.165) is 18.5 Å². The molecule has 0 spiro atoms. The van der Waals surface area contributed by atoms with E-state index in [-0.39, 0.29) is 29.9 Å². The number of nitrogens with zero attached hydrogens (tertiary/aromatic N) is 5. The van der Waals surface area contributed by atoms with Crippen molar-refractivity contribution in [3.63, 3.8) is 0 Å². The van der Waals surface area contributed by atoms with Crippen LogP contribution in [0.3, 0.4) is 0 Å². The maximum atomic E-state index is 12.9. The SMILES string of the molecule is [C-]#[N+]c1ccc(N2C(=O)[C@H]3CC2CN3C[C@H](N)C(=O)N2CCC[C@H]2C#N)cc1. The number of carbonyl (C=O) groups is 2. The number of anilines is 1. The van der Waals surface area contributed by atoms with Crippen LogP contribution in [0.1, 0.15) is 19.3 Å². The molecule has 8 heteroatoms. The Morgan fingerprint density at radius 1 is 1.39 bits per heavy atom. The van der Waals surface area contributed by atoms with Crippen molar-refractivity contribution < 1.29 is 9.59 Å². The number of hydrogen-bond acceptors (Lipinski definition) is 5. The first-order valence-electron chi connectivity index (χ1n) is 9.54. The summed E-state index contributed by atoms with van der Waals surface area (Å²) in [7, 11) is 0. The maximum Gasteiger partial charge on any atom is 0.244 e. The molecular weight excluding hydrogens is 356 g/mol. The van der Waals surface area contributed by atoms with Crippen molar-refractivity contribution in [2.75, 3.05) is 24.5 Å². The van der Waals surface area contributed by atoms with E-state index in [0.29, 0.717) is 31.7 Å². The third-order valence-electron chi connectivity index (χ3n) is 5.96. The van der Waals surface area contributed by atoms with Crippen LogP contribution in [0.15, 0.2) is 24.3 Å². The van der Waals surface area contributed by atoms with Crippen molar-refractivity contribution >= 4 is 23.2 Å². The zero-order valence-corrected chi connectivity index (χ0v) is 15.5. The van der Waals surface area contributed by atoms with Crippen molar-refractivity contribution in [1.29, 1.82) is 5.26 Å². The summed E-state index contributed by atoms with van der Waals surface area (Å²) in [6, 6.07) is 7.89. The fraction of sp³-hybridized carbons (Fsp3) is 0.500. The van der Waals surface area contributed by atoms with Crippen LogP contribution in [0.4, 0.5) is 11.4 Å². The van der Waals surface area contributed by atoms with E-state index in [4.69, 9.17) is 12.3 Å². The van der Waals surface area contributed by atoms with Crippen LogP contribution in [0, 0.1) is 17.9 Å². The minimum atomic E-state index is -0.729. The van der Waals surface area contributed by atoms with Gasteiger partial charge < -0.3 is 15.5 Å². The minimum Gasteiger partial charge on any atom is -0.325 e. The number of nitriles is 1. The Bertz CT molecular complexity index is 870. The second-order valence-corrected chi connectivity index (χ2v) is 7.62. The highest BCUT2D eigenvalue weighted by molar-refractivity contribution is 6.01. The fourth-order valence-corrected chi connectivity index (χ4v) is 4.60. The third-order valence-corrected chi connectivity index (χ3v) is 5.96. The van der Waals surface area contributed by atoms with Crippen LogP contribution in [0.25, 0.3) is 4.85 Å². The summed E-state index contributed by atoms with van der Waals surface area (Å²) in [5, 5.41) is 9.18. The highest BCUT2D eigenvalue weighted by Crippen LogP contribution is 2.36. The molecule has 3 heterocycles. The molecule has 2 amide bonds. The number of likely N-dealkylation sites (tertiary alicyclic amines) is 2. The van der Waals surface area contributed by atoms with Gasteiger partial charge in [-0.05, 0) is 31.4 Å². The van der Waals surface area contributed by atoms with Crippen molar-refractivity contribution in [3.8, 4) is 6.07 Å². The molecule has 144 valence electrons. The van der Waals surface area contributed by atoms with E-state index in [1.165, 1.54) is 0 Å². The Morgan fingerprint density at radius 3 is 2.79 bits per heavy atom. The molecule has 3 aliphatic rings. The van der Waals surface area contributed by atoms with Gasteiger partial charge in [0.05, 0.1) is 30.8 Å². The first-order valence-corrected chi connectivity index (χ1v) is 9.54. The molecule has 0 aliphatic carbocycles. The van der Waals surface area contributed by atoms with Gasteiger partial charge in [0, 0.05) is 25.3 Å². The summed E-state index contributed by atoms with van der Waals surface area (Å²) in [4.78, 5) is 34.3. The molecule has 1 unspecified atom stereocenters. The van der Waals surface area contributed by atoms with Gasteiger partial charge in [-0.3, -0.25) is 14.5 Å². The summed E-state index contributed by atoms with van der Waals surface area (Å²) >= 11 is 0. The molecule has 1 aromatic carbocycles. The average molecular weight is 378 g/mol. The Hall–Kier alpha value is -2.94. The highest BCUT2D eigenvalue weighted by Gasteiger charge is 2.50. The standard InChI is InChI=1S/C20H22N6O2/c1-23-13-4-6-14(7-5-13)26-16-9-18(20(26)28)24(11-16)12-17(22)19(27)25-8-2-3-15(25)10-21/h4-7,15-18H,2-3,8-9,11-12,22H2/t15-,16?,17-,18+/m0/s1. The van der Waals surface area contributed by atoms with Gasteiger partial charge >= 0.3 is 0 Å². The normalized spacial score (nSPS) is 27.7. The number of piperazine rings is 1. The Balaban J connectivity index is 1.40. The molecule has 3 aliphatic heterocycles. The van der Waals surface area contributed by atoms with Crippen LogP contribution >= 0.6 is 0 Å². The zero-order chi connectivity index (χ0) is 19.8. The van der Waals surface area contributed by atoms with Crippen LogP contribution in [0.2, 0.25) is 0 Å². The topological polar surface area (TPSA) is 98.0 Å². The molecule has 2 bridgehead atoms. The summed E-state index contributed by atoms with van der Waals surface area (Å²) < 4.78 is 0. The van der Waals surface area contributed by atoms with Crippen molar-refractivity contribution in [2.24, 2.45) is 5.73 Å². The number of hydrogen-bond donors (Lipinski definition) is 1. The summed E-state index contributed by atoms with van der Waals surface area (Å²) in [5.41, 5.74) is 7.50. The fourth-order valence-electron chi connectivity index (χ4n) is 4.60. The molecule has 3 fully saturated rings. The lowest BCUT2D eigenvalue weighted by Gasteiger charge is -2.35. The van der Waals surface area contributed by atoms with Gasteiger partial charge in [-0.1, -0.05) is 12.1 Å². The van der Waals surface area contributed by atoms with Crippen molar-refractivity contribution in [2.45, 2.75) is 43.4 Å². The Morgan fingerprint density at radius 2 is 2.14 bits per heavy atom. The lowest BCUT2D eigenvalue weighted by molar-refractivity contribution is -0.134. The molecule has 28 heavy (non-hydrogen) atoms. The number of rotatable bonds is 4. The molecular formula is C20H22N6O2. The molecule has 3 saturated heterocycles. The van der Waals surface area contributed by atoms with Gasteiger partial charge in [0.25, 0.3) is 0 Å². The average Bonchev–Trinajstić information content (AvgIpc) is 3.41. The number of nitrogens with two attached hydrogens (primary N) is 1. The first kappa shape index (κ1) is 18.4. The summed E-state index contributed by atoms with van der Waals surface area (Å²) in [6.07, 6.45) is 2.24. The number of amides is 2. The minimum absolute atomic E-state index is 0.0162. The molecule has 0 aromatic heterocycles. The lowest BCUT2D eigenvalue weighted by Crippen LogP contribution is -2.56. The van der Waals surface area contributed by atoms with Crippen LogP contribution < -0.4 is 10.6 Å². The lowest BCUT2D eigenvalue weighted by atomic mass is 10.1. The predicted molar refractivity (Wildman–Crippen MR) is 102 cm³/mol. The van der Waals surface area contributed by atoms with E-state index in [2.05, 4.69) is 10.9 Å². The quantitative estimate of drug-likeness (QED) is 0.784. The summed E-state index contributed by atoms with van der Waals surface area (Å²) in [5.74, 6) is -0.187. The van der Waals surface area contributed by atoms with Gasteiger partial charge in [0.1, 0.15) is 6.04 Å². The van der Waals surface area contributed by atoms with Gasteiger partial charge in [-0.2, -0.15) is 5.26 Å². The first-order chi connectivity index (χ1) is 13.5. The molecule has 0 saturated carbocycles. The predicted octanol–water partition coefficient (Wildman–Crippen LogP) is 0.869. The van der Waals surface area contributed by atoms with E-state index < -0.39 is 6.04 Å². The molecule has 1 aromatic rings. The van der Waals surface area contributed by atoms with Crippen LogP contribution in [-0.2, 0) is 9.59 Å². The second-order valence-electron chi connectivity index (χ2n) is 7.62. The smallest absolute Gasteiger partial charge is 0.244 e. The number of benzene rings is 1. The molecule has 4 rings (SSSR count).